The van der Waals surface area contributed by atoms with Crippen molar-refractivity contribution in [1.29, 1.82) is 0 Å². The molecule has 1 N–H and O–H groups in total. The van der Waals surface area contributed by atoms with Crippen LogP contribution in [0.1, 0.15) is 31.2 Å². The highest BCUT2D eigenvalue weighted by molar-refractivity contribution is 7.22. The first-order chi connectivity index (χ1) is 10.2. The van der Waals surface area contributed by atoms with E-state index in [2.05, 4.69) is 28.2 Å². The predicted octanol–water partition coefficient (Wildman–Crippen LogP) is 3.42. The smallest absolute Gasteiger partial charge is 0.226 e. The Bertz CT molecular complexity index is 631. The number of benzene rings is 1. The molecule has 0 spiro atoms. The molecule has 1 amide bonds. The van der Waals surface area contributed by atoms with Crippen molar-refractivity contribution in [2.75, 3.05) is 25.0 Å². The second-order valence-corrected chi connectivity index (χ2v) is 6.72. The molecule has 2 aromatic rings. The second kappa shape index (κ2) is 6.54. The molecule has 1 aliphatic heterocycles. The van der Waals surface area contributed by atoms with E-state index in [0.717, 1.165) is 23.2 Å². The minimum atomic E-state index is 0.0741. The van der Waals surface area contributed by atoms with Gasteiger partial charge in [0, 0.05) is 6.42 Å². The van der Waals surface area contributed by atoms with Crippen LogP contribution in [0.3, 0.4) is 0 Å². The summed E-state index contributed by atoms with van der Waals surface area (Å²) in [5, 5.41) is 3.64. The first-order valence-corrected chi connectivity index (χ1v) is 8.42. The molecule has 1 saturated heterocycles. The van der Waals surface area contributed by atoms with Gasteiger partial charge in [0.25, 0.3) is 0 Å². The Morgan fingerprint density at radius 1 is 1.38 bits per heavy atom. The molecule has 0 aliphatic carbocycles. The molecular weight excluding hydrogens is 282 g/mol. The summed E-state index contributed by atoms with van der Waals surface area (Å²) < 4.78 is 1.13. The number of aryl methyl sites for hydroxylation is 1. The van der Waals surface area contributed by atoms with Crippen molar-refractivity contribution < 1.29 is 4.79 Å². The fourth-order valence-corrected chi connectivity index (χ4v) is 3.72. The van der Waals surface area contributed by atoms with Gasteiger partial charge in [-0.05, 0) is 63.5 Å². The summed E-state index contributed by atoms with van der Waals surface area (Å²) >= 11 is 1.55. The number of carbonyl (C=O) groups excluding carboxylic acids is 1. The van der Waals surface area contributed by atoms with Crippen LogP contribution in [0, 0.1) is 6.92 Å². The highest BCUT2D eigenvalue weighted by atomic mass is 32.1. The molecule has 0 radical (unpaired) electrons. The van der Waals surface area contributed by atoms with Crippen molar-refractivity contribution in [3.8, 4) is 0 Å². The molecular formula is C16H21N3OS. The Hall–Kier alpha value is -1.46. The van der Waals surface area contributed by atoms with E-state index in [9.17, 15) is 4.79 Å². The molecule has 3 rings (SSSR count). The number of fused-ring (bicyclic) bond motifs is 1. The summed E-state index contributed by atoms with van der Waals surface area (Å²) in [4.78, 5) is 18.9. The summed E-state index contributed by atoms with van der Waals surface area (Å²) in [5.74, 6) is 0.0741. The van der Waals surface area contributed by atoms with E-state index in [1.165, 1.54) is 31.5 Å². The zero-order valence-corrected chi connectivity index (χ0v) is 13.2. The fourth-order valence-electron chi connectivity index (χ4n) is 2.74. The van der Waals surface area contributed by atoms with Crippen LogP contribution in [0.5, 0.6) is 0 Å². The number of rotatable bonds is 5. The lowest BCUT2D eigenvalue weighted by Crippen LogP contribution is -2.22. The minimum absolute atomic E-state index is 0.0741. The van der Waals surface area contributed by atoms with Crippen LogP contribution in [-0.4, -0.2) is 35.4 Å². The van der Waals surface area contributed by atoms with Crippen molar-refractivity contribution in [2.24, 2.45) is 0 Å². The van der Waals surface area contributed by atoms with Crippen LogP contribution < -0.4 is 5.32 Å². The third kappa shape index (κ3) is 3.80. The van der Waals surface area contributed by atoms with Gasteiger partial charge in [-0.15, -0.1) is 0 Å². The summed E-state index contributed by atoms with van der Waals surface area (Å²) in [7, 11) is 0. The van der Waals surface area contributed by atoms with Crippen LogP contribution in [0.15, 0.2) is 18.2 Å². The summed E-state index contributed by atoms with van der Waals surface area (Å²) in [6, 6.07) is 6.16. The maximum Gasteiger partial charge on any atom is 0.226 e. The highest BCUT2D eigenvalue weighted by Crippen LogP contribution is 2.26. The molecule has 2 heterocycles. The van der Waals surface area contributed by atoms with E-state index in [1.807, 2.05) is 12.1 Å². The largest absolute Gasteiger partial charge is 0.303 e. The maximum atomic E-state index is 12.0. The Labute approximate surface area is 129 Å². The van der Waals surface area contributed by atoms with Gasteiger partial charge in [-0.3, -0.25) is 4.79 Å². The van der Waals surface area contributed by atoms with Gasteiger partial charge in [0.15, 0.2) is 5.13 Å². The number of hydrogen-bond donors (Lipinski definition) is 1. The molecule has 0 atom stereocenters. The maximum absolute atomic E-state index is 12.0. The quantitative estimate of drug-likeness (QED) is 0.920. The standard InChI is InChI=1S/C16H21N3OS/c1-12-6-7-13-14(11-12)21-16(17-13)18-15(20)5-4-10-19-8-2-3-9-19/h6-7,11H,2-5,8-10H2,1H3,(H,17,18,20). The molecule has 0 unspecified atom stereocenters. The van der Waals surface area contributed by atoms with Crippen molar-refractivity contribution in [3.05, 3.63) is 23.8 Å². The van der Waals surface area contributed by atoms with Crippen molar-refractivity contribution in [1.82, 2.24) is 9.88 Å². The lowest BCUT2D eigenvalue weighted by Gasteiger charge is -2.13. The average Bonchev–Trinajstić information content (AvgIpc) is 3.07. The Morgan fingerprint density at radius 2 is 2.19 bits per heavy atom. The first-order valence-electron chi connectivity index (χ1n) is 7.60. The number of thiazole rings is 1. The van der Waals surface area contributed by atoms with Gasteiger partial charge in [0.2, 0.25) is 5.91 Å². The van der Waals surface area contributed by atoms with E-state index in [1.54, 1.807) is 11.3 Å². The number of nitrogens with zero attached hydrogens (tertiary/aromatic N) is 2. The summed E-state index contributed by atoms with van der Waals surface area (Å²) in [6.45, 7) is 5.49. The second-order valence-electron chi connectivity index (χ2n) is 5.69. The highest BCUT2D eigenvalue weighted by Gasteiger charge is 2.12. The van der Waals surface area contributed by atoms with Crippen molar-refractivity contribution in [2.45, 2.75) is 32.6 Å². The molecule has 5 heteroatoms. The molecule has 1 aliphatic rings. The minimum Gasteiger partial charge on any atom is -0.303 e. The van der Waals surface area contributed by atoms with Gasteiger partial charge in [-0.2, -0.15) is 0 Å². The summed E-state index contributed by atoms with van der Waals surface area (Å²) in [6.07, 6.45) is 4.11. The number of aromatic nitrogens is 1. The van der Waals surface area contributed by atoms with Gasteiger partial charge < -0.3 is 10.2 Å². The van der Waals surface area contributed by atoms with Crippen LogP contribution in [0.2, 0.25) is 0 Å². The normalized spacial score (nSPS) is 15.7. The van der Waals surface area contributed by atoms with Crippen molar-refractivity contribution in [3.63, 3.8) is 0 Å². The third-order valence-corrected chi connectivity index (χ3v) is 4.80. The Balaban J connectivity index is 1.51. The van der Waals surface area contributed by atoms with E-state index in [4.69, 9.17) is 0 Å². The summed E-state index contributed by atoms with van der Waals surface area (Å²) in [5.41, 5.74) is 2.17. The van der Waals surface area contributed by atoms with Crippen LogP contribution in [0.4, 0.5) is 5.13 Å². The number of nitrogens with one attached hydrogen (secondary N) is 1. The fraction of sp³-hybridized carbons (Fsp3) is 0.500. The Kier molecular flexibility index (Phi) is 4.51. The lowest BCUT2D eigenvalue weighted by molar-refractivity contribution is -0.116. The molecule has 1 fully saturated rings. The van der Waals surface area contributed by atoms with E-state index in [0.29, 0.717) is 11.6 Å². The molecule has 112 valence electrons. The zero-order valence-electron chi connectivity index (χ0n) is 12.4. The predicted molar refractivity (Wildman–Crippen MR) is 87.9 cm³/mol. The van der Waals surface area contributed by atoms with Crippen LogP contribution in [0.25, 0.3) is 10.2 Å². The van der Waals surface area contributed by atoms with Gasteiger partial charge in [-0.1, -0.05) is 17.4 Å². The molecule has 4 nitrogen and oxygen atoms in total. The number of anilines is 1. The average molecular weight is 303 g/mol. The number of carbonyl (C=O) groups is 1. The number of amides is 1. The molecule has 1 aromatic carbocycles. The molecule has 0 bridgehead atoms. The van der Waals surface area contributed by atoms with Crippen LogP contribution in [-0.2, 0) is 4.79 Å². The Morgan fingerprint density at radius 3 is 3.00 bits per heavy atom. The monoisotopic (exact) mass is 303 g/mol. The molecule has 0 saturated carbocycles. The van der Waals surface area contributed by atoms with Gasteiger partial charge >= 0.3 is 0 Å². The van der Waals surface area contributed by atoms with Crippen molar-refractivity contribution >= 4 is 32.6 Å². The van der Waals surface area contributed by atoms with E-state index in [-0.39, 0.29) is 5.91 Å². The van der Waals surface area contributed by atoms with Gasteiger partial charge in [-0.25, -0.2) is 4.98 Å². The SMILES string of the molecule is Cc1ccc2nc(NC(=O)CCCN3CCCC3)sc2c1. The zero-order chi connectivity index (χ0) is 14.7. The lowest BCUT2D eigenvalue weighted by atomic mass is 10.2. The number of hydrogen-bond acceptors (Lipinski definition) is 4. The molecule has 1 aromatic heterocycles. The third-order valence-electron chi connectivity index (χ3n) is 3.87. The first kappa shape index (κ1) is 14.5. The van der Waals surface area contributed by atoms with E-state index < -0.39 is 0 Å². The van der Waals surface area contributed by atoms with Gasteiger partial charge in [0.1, 0.15) is 0 Å². The van der Waals surface area contributed by atoms with Gasteiger partial charge in [0.05, 0.1) is 10.2 Å². The number of likely N-dealkylation sites (tertiary alicyclic amines) is 1. The topological polar surface area (TPSA) is 45.2 Å². The molecule has 21 heavy (non-hydrogen) atoms. The van der Waals surface area contributed by atoms with Crippen LogP contribution >= 0.6 is 11.3 Å². The van der Waals surface area contributed by atoms with E-state index >= 15 is 0 Å².